The number of thiazole rings is 1. The van der Waals surface area contributed by atoms with Crippen molar-refractivity contribution in [3.63, 3.8) is 0 Å². The SMILES string of the molecule is Nc1nc2c(-c3ccc(SNCCN4CCC4)c(S(N)(=O)=O)c3-c3nnn[nH]3)cccc2s1. The Morgan fingerprint density at radius 1 is 1.21 bits per heavy atom. The van der Waals surface area contributed by atoms with Gasteiger partial charge in [-0.25, -0.2) is 23.6 Å². The number of sulfonamides is 1. The summed E-state index contributed by atoms with van der Waals surface area (Å²) in [6.07, 6.45) is 1.22. The van der Waals surface area contributed by atoms with E-state index in [0.29, 0.717) is 33.2 Å². The lowest BCUT2D eigenvalue weighted by Crippen LogP contribution is -2.40. The molecule has 5 rings (SSSR count). The number of nitrogens with two attached hydrogens (primary N) is 2. The van der Waals surface area contributed by atoms with Crippen molar-refractivity contribution in [1.82, 2.24) is 35.2 Å². The van der Waals surface area contributed by atoms with Crippen LogP contribution >= 0.6 is 23.3 Å². The van der Waals surface area contributed by atoms with Crippen LogP contribution in [0.15, 0.2) is 40.1 Å². The molecule has 2 aromatic heterocycles. The van der Waals surface area contributed by atoms with E-state index >= 15 is 0 Å². The van der Waals surface area contributed by atoms with Crippen molar-refractivity contribution < 1.29 is 8.42 Å². The summed E-state index contributed by atoms with van der Waals surface area (Å²) in [7, 11) is -4.14. The van der Waals surface area contributed by atoms with Gasteiger partial charge in [-0.3, -0.25) is 4.72 Å². The number of nitrogens with one attached hydrogen (secondary N) is 2. The minimum atomic E-state index is -4.14. The molecule has 1 aliphatic heterocycles. The summed E-state index contributed by atoms with van der Waals surface area (Å²) in [4.78, 5) is 7.18. The number of H-pyrrole nitrogens is 1. The molecule has 0 saturated carbocycles. The first-order valence-electron chi connectivity index (χ1n) is 10.1. The van der Waals surface area contributed by atoms with Crippen molar-refractivity contribution >= 4 is 48.7 Å². The molecule has 1 saturated heterocycles. The standard InChI is InChI=1S/C19H21N9O2S3/c20-19-23-16-12(3-1-4-13(16)31-19)11-5-6-14(32-22-7-10-28-8-2-9-28)17(33(21,29)30)15(11)18-24-26-27-25-18/h1,3-6,22H,2,7-10H2,(H2,20,23)(H2,21,29,30)(H,24,25,26,27). The first kappa shape index (κ1) is 22.2. The highest BCUT2D eigenvalue weighted by molar-refractivity contribution is 7.98. The van der Waals surface area contributed by atoms with Gasteiger partial charge in [0.25, 0.3) is 0 Å². The number of hydrogen-bond donors (Lipinski definition) is 4. The van der Waals surface area contributed by atoms with Crippen molar-refractivity contribution in [2.45, 2.75) is 16.2 Å². The molecule has 3 heterocycles. The van der Waals surface area contributed by atoms with Crippen molar-refractivity contribution in [3.8, 4) is 22.5 Å². The van der Waals surface area contributed by atoms with Crippen LogP contribution in [0.25, 0.3) is 32.7 Å². The number of rotatable bonds is 8. The van der Waals surface area contributed by atoms with E-state index in [2.05, 4.69) is 35.2 Å². The lowest BCUT2D eigenvalue weighted by atomic mass is 9.98. The lowest BCUT2D eigenvalue weighted by molar-refractivity contribution is 0.186. The number of hydrogen-bond acceptors (Lipinski definition) is 11. The van der Waals surface area contributed by atoms with Gasteiger partial charge in [-0.15, -0.1) is 5.10 Å². The van der Waals surface area contributed by atoms with Crippen LogP contribution < -0.4 is 15.6 Å². The minimum Gasteiger partial charge on any atom is -0.375 e. The Morgan fingerprint density at radius 3 is 2.76 bits per heavy atom. The van der Waals surface area contributed by atoms with Crippen molar-refractivity contribution in [1.29, 1.82) is 0 Å². The molecule has 0 aliphatic carbocycles. The number of anilines is 1. The number of aromatic amines is 1. The van der Waals surface area contributed by atoms with Crippen LogP contribution in [0.2, 0.25) is 0 Å². The van der Waals surface area contributed by atoms with Gasteiger partial charge >= 0.3 is 0 Å². The van der Waals surface area contributed by atoms with Crippen LogP contribution in [0.1, 0.15) is 6.42 Å². The van der Waals surface area contributed by atoms with Gasteiger partial charge in [0.1, 0.15) is 4.90 Å². The van der Waals surface area contributed by atoms with E-state index < -0.39 is 10.0 Å². The molecular weight excluding hydrogens is 482 g/mol. The highest BCUT2D eigenvalue weighted by atomic mass is 32.2. The zero-order valence-electron chi connectivity index (χ0n) is 17.4. The molecule has 6 N–H and O–H groups in total. The normalized spacial score (nSPS) is 14.6. The van der Waals surface area contributed by atoms with Crippen LogP contribution in [-0.2, 0) is 10.0 Å². The lowest BCUT2D eigenvalue weighted by Gasteiger charge is -2.30. The predicted molar refractivity (Wildman–Crippen MR) is 129 cm³/mol. The Morgan fingerprint density at radius 2 is 2.06 bits per heavy atom. The molecular formula is C19H21N9O2S3. The number of benzene rings is 2. The Labute approximate surface area is 198 Å². The number of fused-ring (bicyclic) bond motifs is 1. The quantitative estimate of drug-likeness (QED) is 0.205. The molecule has 0 unspecified atom stereocenters. The number of nitrogens with zero attached hydrogens (tertiary/aromatic N) is 5. The second-order valence-corrected chi connectivity index (χ2v) is 11.0. The number of aromatic nitrogens is 5. The summed E-state index contributed by atoms with van der Waals surface area (Å²) in [6, 6.07) is 9.20. The van der Waals surface area contributed by atoms with Gasteiger partial charge < -0.3 is 10.6 Å². The molecule has 14 heteroatoms. The summed E-state index contributed by atoms with van der Waals surface area (Å²) in [5, 5.41) is 20.1. The maximum atomic E-state index is 12.8. The third kappa shape index (κ3) is 4.45. The van der Waals surface area contributed by atoms with Crippen LogP contribution in [0.5, 0.6) is 0 Å². The topological polar surface area (TPSA) is 169 Å². The summed E-state index contributed by atoms with van der Waals surface area (Å²) >= 11 is 2.58. The Balaban J connectivity index is 1.64. The molecule has 0 spiro atoms. The third-order valence-corrected chi connectivity index (χ3v) is 8.26. The molecule has 2 aromatic carbocycles. The maximum Gasteiger partial charge on any atom is 0.239 e. The van der Waals surface area contributed by atoms with Crippen LogP contribution in [-0.4, -0.2) is 65.1 Å². The Kier molecular flexibility index (Phi) is 6.03. The zero-order valence-corrected chi connectivity index (χ0v) is 19.8. The molecule has 4 aromatic rings. The smallest absolute Gasteiger partial charge is 0.239 e. The van der Waals surface area contributed by atoms with E-state index in [1.165, 1.54) is 29.7 Å². The Hall–Kier alpha value is -2.62. The van der Waals surface area contributed by atoms with Gasteiger partial charge in [-0.05, 0) is 59.6 Å². The van der Waals surface area contributed by atoms with Gasteiger partial charge in [-0.2, -0.15) is 0 Å². The third-order valence-electron chi connectivity index (χ3n) is 5.37. The fourth-order valence-electron chi connectivity index (χ4n) is 3.77. The molecule has 1 fully saturated rings. The van der Waals surface area contributed by atoms with Crippen molar-refractivity contribution in [2.75, 3.05) is 31.9 Å². The van der Waals surface area contributed by atoms with Gasteiger partial charge in [0, 0.05) is 29.1 Å². The minimum absolute atomic E-state index is 0.0554. The molecule has 0 bridgehead atoms. The first-order valence-corrected chi connectivity index (χ1v) is 13.3. The number of likely N-dealkylation sites (tertiary alicyclic amines) is 1. The average Bonchev–Trinajstić information content (AvgIpc) is 3.39. The second-order valence-electron chi connectivity index (χ2n) is 7.51. The second kappa shape index (κ2) is 8.96. The van der Waals surface area contributed by atoms with E-state index in [9.17, 15) is 8.42 Å². The maximum absolute atomic E-state index is 12.8. The average molecular weight is 504 g/mol. The summed E-state index contributed by atoms with van der Waals surface area (Å²) in [5.41, 5.74) is 8.18. The first-order chi connectivity index (χ1) is 15.9. The van der Waals surface area contributed by atoms with E-state index in [1.807, 2.05) is 24.3 Å². The number of nitrogen functional groups attached to an aromatic ring is 1. The largest absolute Gasteiger partial charge is 0.375 e. The van der Waals surface area contributed by atoms with E-state index in [4.69, 9.17) is 10.9 Å². The number of tetrazole rings is 1. The fourth-order valence-corrected chi connectivity index (χ4v) is 6.53. The zero-order chi connectivity index (χ0) is 23.0. The predicted octanol–water partition coefficient (Wildman–Crippen LogP) is 1.68. The number of primary sulfonamides is 1. The van der Waals surface area contributed by atoms with Gasteiger partial charge in [0.15, 0.2) is 11.0 Å². The highest BCUT2D eigenvalue weighted by Crippen LogP contribution is 2.42. The van der Waals surface area contributed by atoms with E-state index in [-0.39, 0.29) is 16.3 Å². The molecule has 11 nitrogen and oxygen atoms in total. The molecule has 0 atom stereocenters. The van der Waals surface area contributed by atoms with Gasteiger partial charge in [0.2, 0.25) is 10.0 Å². The van der Waals surface area contributed by atoms with Crippen molar-refractivity contribution in [3.05, 3.63) is 30.3 Å². The fraction of sp³-hybridized carbons (Fsp3) is 0.263. The van der Waals surface area contributed by atoms with Crippen LogP contribution in [0.3, 0.4) is 0 Å². The molecule has 0 amide bonds. The highest BCUT2D eigenvalue weighted by Gasteiger charge is 2.27. The van der Waals surface area contributed by atoms with E-state index in [0.717, 1.165) is 24.3 Å². The van der Waals surface area contributed by atoms with E-state index in [1.54, 1.807) is 6.07 Å². The molecule has 172 valence electrons. The van der Waals surface area contributed by atoms with Gasteiger partial charge in [-0.1, -0.05) is 29.5 Å². The van der Waals surface area contributed by atoms with Gasteiger partial charge in [0.05, 0.1) is 10.2 Å². The van der Waals surface area contributed by atoms with Crippen LogP contribution in [0.4, 0.5) is 5.13 Å². The number of para-hydroxylation sites is 1. The summed E-state index contributed by atoms with van der Waals surface area (Å²) in [6.45, 7) is 3.78. The molecule has 0 radical (unpaired) electrons. The Bertz CT molecular complexity index is 1400. The van der Waals surface area contributed by atoms with Crippen LogP contribution in [0, 0.1) is 0 Å². The molecule has 33 heavy (non-hydrogen) atoms. The molecule has 1 aliphatic rings. The van der Waals surface area contributed by atoms with Crippen molar-refractivity contribution in [2.24, 2.45) is 5.14 Å². The summed E-state index contributed by atoms with van der Waals surface area (Å²) in [5.74, 6) is 0.192. The monoisotopic (exact) mass is 503 g/mol. The summed E-state index contributed by atoms with van der Waals surface area (Å²) < 4.78 is 29.8.